The van der Waals surface area contributed by atoms with E-state index in [1.807, 2.05) is 48.1 Å². The summed E-state index contributed by atoms with van der Waals surface area (Å²) < 4.78 is 13.5. The molecule has 2 aromatic carbocycles. The van der Waals surface area contributed by atoms with Gasteiger partial charge in [0.05, 0.1) is 53.9 Å². The van der Waals surface area contributed by atoms with E-state index in [9.17, 15) is 0 Å². The molecule has 3 aromatic heterocycles. The molecule has 9 nitrogen and oxygen atoms in total. The predicted octanol–water partition coefficient (Wildman–Crippen LogP) is 5.23. The Kier molecular flexibility index (Phi) is 5.99. The molecule has 10 heteroatoms. The van der Waals surface area contributed by atoms with Gasteiger partial charge in [0.1, 0.15) is 27.9 Å². The van der Waals surface area contributed by atoms with Crippen molar-refractivity contribution in [3.05, 3.63) is 59.8 Å². The van der Waals surface area contributed by atoms with Crippen LogP contribution in [0.4, 0.5) is 0 Å². The molecule has 194 valence electrons. The number of fused-ring (bicyclic) bond motifs is 2. The molecule has 2 fully saturated rings. The monoisotopic (exact) mass is 529 g/mol. The molecule has 7 rings (SSSR count). The van der Waals surface area contributed by atoms with Crippen LogP contribution in [0.1, 0.15) is 18.7 Å². The minimum Gasteiger partial charge on any atom is -0.456 e. The van der Waals surface area contributed by atoms with Crippen LogP contribution in [-0.4, -0.2) is 67.0 Å². The number of piperidine rings is 1. The van der Waals surface area contributed by atoms with Crippen LogP contribution in [0.25, 0.3) is 33.3 Å². The lowest BCUT2D eigenvalue weighted by molar-refractivity contribution is -0.0743. The van der Waals surface area contributed by atoms with E-state index in [1.165, 1.54) is 12.8 Å². The standard InChI is InChI=1S/C28H28ClN7O2/c1-17-32-22-3-2-21(10-24(22)33-17)38-26-5-4-23-28(27(26)29)34-25(12-30-23)19-11-31-36(14-19)13-18-6-8-35(9-7-18)20-15-37-16-20/h2-5,10-12,14,18,20H,6-9,13,15-16H2,1H3,(H,32,33). The molecular weight excluding hydrogens is 502 g/mol. The largest absolute Gasteiger partial charge is 0.456 e. The summed E-state index contributed by atoms with van der Waals surface area (Å²) >= 11 is 6.78. The van der Waals surface area contributed by atoms with Crippen LogP contribution in [-0.2, 0) is 11.3 Å². The van der Waals surface area contributed by atoms with Gasteiger partial charge in [-0.3, -0.25) is 14.6 Å². The second kappa shape index (κ2) is 9.65. The summed E-state index contributed by atoms with van der Waals surface area (Å²) in [4.78, 5) is 19.7. The highest BCUT2D eigenvalue weighted by atomic mass is 35.5. The Hall–Kier alpha value is -3.53. The summed E-state index contributed by atoms with van der Waals surface area (Å²) in [5.74, 6) is 2.68. The molecule has 0 atom stereocenters. The molecule has 2 saturated heterocycles. The second-order valence-corrected chi connectivity index (χ2v) is 10.6. The molecule has 5 aromatic rings. The molecule has 0 amide bonds. The number of aromatic nitrogens is 6. The van der Waals surface area contributed by atoms with Gasteiger partial charge in [-0.05, 0) is 63.0 Å². The van der Waals surface area contributed by atoms with Crippen molar-refractivity contribution in [3.63, 3.8) is 0 Å². The summed E-state index contributed by atoms with van der Waals surface area (Å²) in [5, 5.41) is 5.04. The van der Waals surface area contributed by atoms with Crippen molar-refractivity contribution in [1.82, 2.24) is 34.6 Å². The first-order valence-corrected chi connectivity index (χ1v) is 13.4. The van der Waals surface area contributed by atoms with Gasteiger partial charge in [-0.15, -0.1) is 0 Å². The highest BCUT2D eigenvalue weighted by Gasteiger charge is 2.29. The number of ether oxygens (including phenoxy) is 2. The summed E-state index contributed by atoms with van der Waals surface area (Å²) in [6, 6.07) is 10.0. The fourth-order valence-corrected chi connectivity index (χ4v) is 5.59. The van der Waals surface area contributed by atoms with E-state index in [4.69, 9.17) is 26.1 Å². The van der Waals surface area contributed by atoms with E-state index in [1.54, 1.807) is 6.20 Å². The van der Waals surface area contributed by atoms with E-state index in [2.05, 4.69) is 31.1 Å². The SMILES string of the molecule is Cc1nc2ccc(Oc3ccc4ncc(-c5cnn(CC6CCN(C7COC7)CC6)c5)nc4c3Cl)cc2[nH]1. The Morgan fingerprint density at radius 2 is 1.92 bits per heavy atom. The minimum atomic E-state index is 0.425. The molecule has 0 radical (unpaired) electrons. The Bertz CT molecular complexity index is 1620. The number of imidazole rings is 1. The van der Waals surface area contributed by atoms with Crippen LogP contribution < -0.4 is 4.74 Å². The zero-order valence-corrected chi connectivity index (χ0v) is 21.9. The van der Waals surface area contributed by atoms with Gasteiger partial charge in [0.15, 0.2) is 0 Å². The van der Waals surface area contributed by atoms with Crippen LogP contribution in [0.2, 0.25) is 5.02 Å². The molecule has 0 unspecified atom stereocenters. The fourth-order valence-electron chi connectivity index (χ4n) is 5.35. The number of benzene rings is 2. The Balaban J connectivity index is 1.08. The second-order valence-electron chi connectivity index (χ2n) is 10.2. The van der Waals surface area contributed by atoms with Gasteiger partial charge in [-0.1, -0.05) is 11.6 Å². The van der Waals surface area contributed by atoms with E-state index < -0.39 is 0 Å². The third kappa shape index (κ3) is 4.51. The van der Waals surface area contributed by atoms with Crippen molar-refractivity contribution in [1.29, 1.82) is 0 Å². The molecule has 5 heterocycles. The molecule has 0 spiro atoms. The maximum atomic E-state index is 6.78. The zero-order chi connectivity index (χ0) is 25.6. The summed E-state index contributed by atoms with van der Waals surface area (Å²) in [6.07, 6.45) is 8.05. The van der Waals surface area contributed by atoms with Gasteiger partial charge < -0.3 is 14.5 Å². The van der Waals surface area contributed by atoms with Crippen molar-refractivity contribution in [3.8, 4) is 22.8 Å². The molecule has 0 saturated carbocycles. The lowest BCUT2D eigenvalue weighted by Crippen LogP contribution is -2.52. The molecular formula is C28H28ClN7O2. The smallest absolute Gasteiger partial charge is 0.148 e. The molecule has 2 aliphatic rings. The van der Waals surface area contributed by atoms with Crippen molar-refractivity contribution in [2.45, 2.75) is 32.4 Å². The number of hydrogen-bond acceptors (Lipinski definition) is 7. The van der Waals surface area contributed by atoms with E-state index in [0.29, 0.717) is 39.5 Å². The number of aromatic amines is 1. The lowest BCUT2D eigenvalue weighted by Gasteiger charge is -2.41. The van der Waals surface area contributed by atoms with Crippen molar-refractivity contribution in [2.75, 3.05) is 26.3 Å². The van der Waals surface area contributed by atoms with Crippen LogP contribution in [0.3, 0.4) is 0 Å². The van der Waals surface area contributed by atoms with Gasteiger partial charge >= 0.3 is 0 Å². The Labute approximate surface area is 224 Å². The van der Waals surface area contributed by atoms with Crippen LogP contribution in [0, 0.1) is 12.8 Å². The highest BCUT2D eigenvalue weighted by molar-refractivity contribution is 6.36. The first-order chi connectivity index (χ1) is 18.6. The maximum Gasteiger partial charge on any atom is 0.148 e. The number of rotatable bonds is 6. The number of H-pyrrole nitrogens is 1. The number of halogens is 1. The summed E-state index contributed by atoms with van der Waals surface area (Å²) in [6.45, 7) is 6.89. The quantitative estimate of drug-likeness (QED) is 0.321. The number of likely N-dealkylation sites (tertiary alicyclic amines) is 1. The van der Waals surface area contributed by atoms with Gasteiger partial charge in [0, 0.05) is 24.4 Å². The van der Waals surface area contributed by atoms with Crippen LogP contribution in [0.15, 0.2) is 48.9 Å². The van der Waals surface area contributed by atoms with Gasteiger partial charge in [0.25, 0.3) is 0 Å². The van der Waals surface area contributed by atoms with Gasteiger partial charge in [-0.25, -0.2) is 9.97 Å². The van der Waals surface area contributed by atoms with E-state index >= 15 is 0 Å². The Morgan fingerprint density at radius 1 is 1.08 bits per heavy atom. The van der Waals surface area contributed by atoms with E-state index in [0.717, 1.165) is 61.0 Å². The normalized spacial score (nSPS) is 17.3. The maximum absolute atomic E-state index is 6.78. The van der Waals surface area contributed by atoms with Crippen molar-refractivity contribution in [2.24, 2.45) is 5.92 Å². The molecule has 2 aliphatic heterocycles. The van der Waals surface area contributed by atoms with Crippen LogP contribution in [0.5, 0.6) is 11.5 Å². The number of nitrogens with one attached hydrogen (secondary N) is 1. The van der Waals surface area contributed by atoms with Crippen molar-refractivity contribution >= 4 is 33.7 Å². The summed E-state index contributed by atoms with van der Waals surface area (Å²) in [7, 11) is 0. The highest BCUT2D eigenvalue weighted by Crippen LogP contribution is 2.35. The number of aryl methyl sites for hydroxylation is 1. The molecule has 1 N–H and O–H groups in total. The molecule has 0 aliphatic carbocycles. The number of nitrogens with zero attached hydrogens (tertiary/aromatic N) is 6. The van der Waals surface area contributed by atoms with E-state index in [-0.39, 0.29) is 0 Å². The first-order valence-electron chi connectivity index (χ1n) is 13.0. The lowest BCUT2D eigenvalue weighted by atomic mass is 9.95. The average molecular weight is 530 g/mol. The van der Waals surface area contributed by atoms with Gasteiger partial charge in [0.2, 0.25) is 0 Å². The van der Waals surface area contributed by atoms with Crippen molar-refractivity contribution < 1.29 is 9.47 Å². The fraction of sp³-hybridized carbons (Fsp3) is 0.357. The topological polar surface area (TPSA) is 94.0 Å². The zero-order valence-electron chi connectivity index (χ0n) is 21.1. The van der Waals surface area contributed by atoms with Gasteiger partial charge in [-0.2, -0.15) is 5.10 Å². The first kappa shape index (κ1) is 23.6. The summed E-state index contributed by atoms with van der Waals surface area (Å²) in [5.41, 5.74) is 4.77. The average Bonchev–Trinajstić information content (AvgIpc) is 3.51. The van der Waals surface area contributed by atoms with Crippen LogP contribution >= 0.6 is 11.6 Å². The third-order valence-electron chi connectivity index (χ3n) is 7.58. The predicted molar refractivity (Wildman–Crippen MR) is 146 cm³/mol. The molecule has 38 heavy (non-hydrogen) atoms. The Morgan fingerprint density at radius 3 is 2.74 bits per heavy atom. The minimum absolute atomic E-state index is 0.425. The molecule has 0 bridgehead atoms. The number of hydrogen-bond donors (Lipinski definition) is 1. The third-order valence-corrected chi connectivity index (χ3v) is 7.94.